The van der Waals surface area contributed by atoms with Crippen LogP contribution in [0.3, 0.4) is 0 Å². The molecule has 2 heterocycles. The van der Waals surface area contributed by atoms with Gasteiger partial charge in [-0.05, 0) is 6.92 Å². The van der Waals surface area contributed by atoms with Gasteiger partial charge in [-0.15, -0.1) is 10.2 Å². The third kappa shape index (κ3) is 2.11. The molecule has 4 nitrogen and oxygen atoms in total. The summed E-state index contributed by atoms with van der Waals surface area (Å²) in [7, 11) is 0. The number of hydrogen-bond donors (Lipinski definition) is 0. The van der Waals surface area contributed by atoms with E-state index < -0.39 is 0 Å². The van der Waals surface area contributed by atoms with Gasteiger partial charge in [-0.2, -0.15) is 9.61 Å². The Morgan fingerprint density at radius 3 is 2.38 bits per heavy atom. The maximum Gasteiger partial charge on any atom is 0.235 e. The molecular formula is C16H12N4S. The average molecular weight is 292 g/mol. The first-order chi connectivity index (χ1) is 10.3. The first-order valence-corrected chi connectivity index (χ1v) is 7.47. The molecule has 0 radical (unpaired) electrons. The molecule has 0 fully saturated rings. The second-order valence-electron chi connectivity index (χ2n) is 4.86. The van der Waals surface area contributed by atoms with Crippen LogP contribution in [0.5, 0.6) is 0 Å². The summed E-state index contributed by atoms with van der Waals surface area (Å²) in [6.07, 6.45) is 0. The van der Waals surface area contributed by atoms with Gasteiger partial charge >= 0.3 is 0 Å². The second kappa shape index (κ2) is 4.79. The van der Waals surface area contributed by atoms with Crippen LogP contribution >= 0.6 is 11.3 Å². The lowest BCUT2D eigenvalue weighted by Crippen LogP contribution is -1.90. The Balaban J connectivity index is 1.84. The minimum absolute atomic E-state index is 0.778. The van der Waals surface area contributed by atoms with Crippen LogP contribution in [0.1, 0.15) is 5.56 Å². The summed E-state index contributed by atoms with van der Waals surface area (Å²) >= 11 is 1.55. The highest BCUT2D eigenvalue weighted by atomic mass is 32.1. The van der Waals surface area contributed by atoms with Gasteiger partial charge in [-0.25, -0.2) is 0 Å². The Bertz CT molecular complexity index is 891. The minimum Gasteiger partial charge on any atom is -0.182 e. The normalized spacial score (nSPS) is 11.1. The summed E-state index contributed by atoms with van der Waals surface area (Å²) < 4.78 is 1.81. The van der Waals surface area contributed by atoms with E-state index in [1.54, 1.807) is 11.3 Å². The van der Waals surface area contributed by atoms with E-state index in [0.717, 1.165) is 26.9 Å². The Labute approximate surface area is 125 Å². The molecule has 4 aromatic rings. The zero-order valence-electron chi connectivity index (χ0n) is 11.4. The van der Waals surface area contributed by atoms with Gasteiger partial charge in [0.1, 0.15) is 5.01 Å². The lowest BCUT2D eigenvalue weighted by molar-refractivity contribution is 0.970. The van der Waals surface area contributed by atoms with Crippen molar-refractivity contribution in [1.29, 1.82) is 0 Å². The molecule has 0 aliphatic carbocycles. The van der Waals surface area contributed by atoms with E-state index in [1.807, 2.05) is 34.8 Å². The quantitative estimate of drug-likeness (QED) is 0.564. The highest BCUT2D eigenvalue weighted by Gasteiger charge is 2.13. The van der Waals surface area contributed by atoms with Crippen LogP contribution in [0.15, 0.2) is 54.6 Å². The van der Waals surface area contributed by atoms with Gasteiger partial charge in [0.05, 0.1) is 0 Å². The van der Waals surface area contributed by atoms with E-state index in [-0.39, 0.29) is 0 Å². The fraction of sp³-hybridized carbons (Fsp3) is 0.0625. The molecule has 0 atom stereocenters. The van der Waals surface area contributed by atoms with Crippen molar-refractivity contribution in [3.05, 3.63) is 60.2 Å². The molecule has 0 spiro atoms. The molecule has 5 heteroatoms. The van der Waals surface area contributed by atoms with Crippen LogP contribution < -0.4 is 0 Å². The molecule has 0 saturated heterocycles. The molecule has 21 heavy (non-hydrogen) atoms. The maximum atomic E-state index is 4.66. The highest BCUT2D eigenvalue weighted by Crippen LogP contribution is 2.27. The van der Waals surface area contributed by atoms with Crippen molar-refractivity contribution in [3.8, 4) is 22.0 Å². The van der Waals surface area contributed by atoms with Crippen LogP contribution in [-0.2, 0) is 0 Å². The molecule has 0 unspecified atom stereocenters. The molecule has 4 rings (SSSR count). The van der Waals surface area contributed by atoms with Crippen LogP contribution in [0, 0.1) is 6.92 Å². The Morgan fingerprint density at radius 2 is 1.62 bits per heavy atom. The van der Waals surface area contributed by atoms with E-state index in [0.29, 0.717) is 0 Å². The largest absolute Gasteiger partial charge is 0.235 e. The number of aryl methyl sites for hydroxylation is 1. The first-order valence-electron chi connectivity index (χ1n) is 6.66. The monoisotopic (exact) mass is 292 g/mol. The highest BCUT2D eigenvalue weighted by molar-refractivity contribution is 7.19. The summed E-state index contributed by atoms with van der Waals surface area (Å²) in [6.45, 7) is 2.08. The Hall–Kier alpha value is -2.53. The number of hydrogen-bond acceptors (Lipinski definition) is 4. The Morgan fingerprint density at radius 1 is 0.857 bits per heavy atom. The van der Waals surface area contributed by atoms with Crippen LogP contribution in [0.4, 0.5) is 0 Å². The molecule has 0 amide bonds. The molecule has 102 valence electrons. The molecule has 0 bridgehead atoms. The number of benzene rings is 2. The molecule has 2 aromatic carbocycles. The summed E-state index contributed by atoms with van der Waals surface area (Å²) in [4.78, 5) is 0.810. The van der Waals surface area contributed by atoms with Crippen molar-refractivity contribution in [2.75, 3.05) is 0 Å². The molecule has 0 N–H and O–H groups in total. The van der Waals surface area contributed by atoms with Crippen molar-refractivity contribution in [1.82, 2.24) is 19.8 Å². The van der Waals surface area contributed by atoms with Crippen molar-refractivity contribution in [3.63, 3.8) is 0 Å². The van der Waals surface area contributed by atoms with Crippen molar-refractivity contribution in [2.45, 2.75) is 6.92 Å². The van der Waals surface area contributed by atoms with E-state index in [2.05, 4.69) is 46.5 Å². The maximum absolute atomic E-state index is 4.66. The van der Waals surface area contributed by atoms with Crippen LogP contribution in [0.25, 0.3) is 26.9 Å². The van der Waals surface area contributed by atoms with Gasteiger partial charge in [0, 0.05) is 11.1 Å². The standard InChI is InChI=1S/C16H12N4S/c1-11-7-9-13(10-8-11)15-19-20-14(17-18-16(20)21-15)12-5-3-2-4-6-12/h2-10H,1H3. The van der Waals surface area contributed by atoms with E-state index in [1.165, 1.54) is 5.56 Å². The molecule has 2 aromatic heterocycles. The molecule has 0 saturated carbocycles. The summed E-state index contributed by atoms with van der Waals surface area (Å²) in [6, 6.07) is 18.4. The third-order valence-corrected chi connectivity index (χ3v) is 4.27. The fourth-order valence-electron chi connectivity index (χ4n) is 2.20. The average Bonchev–Trinajstić information content (AvgIpc) is 3.09. The lowest BCUT2D eigenvalue weighted by atomic mass is 10.2. The second-order valence-corrected chi connectivity index (χ2v) is 5.81. The number of fused-ring (bicyclic) bond motifs is 1. The van der Waals surface area contributed by atoms with Gasteiger partial charge in [0.15, 0.2) is 5.82 Å². The summed E-state index contributed by atoms with van der Waals surface area (Å²) in [5, 5.41) is 14.1. The zero-order valence-corrected chi connectivity index (χ0v) is 12.2. The topological polar surface area (TPSA) is 43.1 Å². The first kappa shape index (κ1) is 12.2. The summed E-state index contributed by atoms with van der Waals surface area (Å²) in [5.74, 6) is 0.778. The zero-order chi connectivity index (χ0) is 14.2. The number of nitrogens with zero attached hydrogens (tertiary/aromatic N) is 4. The van der Waals surface area contributed by atoms with Gasteiger partial charge in [-0.3, -0.25) is 0 Å². The Kier molecular flexibility index (Phi) is 2.79. The number of rotatable bonds is 2. The van der Waals surface area contributed by atoms with Gasteiger partial charge in [0.25, 0.3) is 0 Å². The third-order valence-electron chi connectivity index (χ3n) is 3.32. The van der Waals surface area contributed by atoms with Crippen molar-refractivity contribution < 1.29 is 0 Å². The predicted octanol–water partition coefficient (Wildman–Crippen LogP) is 3.83. The van der Waals surface area contributed by atoms with E-state index in [4.69, 9.17) is 0 Å². The smallest absolute Gasteiger partial charge is 0.182 e. The molecule has 0 aliphatic heterocycles. The van der Waals surface area contributed by atoms with Gasteiger partial charge in [0.2, 0.25) is 4.96 Å². The predicted molar refractivity (Wildman–Crippen MR) is 84.3 cm³/mol. The SMILES string of the molecule is Cc1ccc(-c2nn3c(-c4ccccc4)nnc3s2)cc1. The number of aromatic nitrogens is 4. The summed E-state index contributed by atoms with van der Waals surface area (Å²) in [5.41, 5.74) is 3.37. The lowest BCUT2D eigenvalue weighted by Gasteiger charge is -1.97. The van der Waals surface area contributed by atoms with Crippen molar-refractivity contribution in [2.24, 2.45) is 0 Å². The van der Waals surface area contributed by atoms with Crippen LogP contribution in [-0.4, -0.2) is 19.8 Å². The van der Waals surface area contributed by atoms with E-state index in [9.17, 15) is 0 Å². The molecule has 0 aliphatic rings. The minimum atomic E-state index is 0.778. The van der Waals surface area contributed by atoms with Crippen LogP contribution in [0.2, 0.25) is 0 Å². The van der Waals surface area contributed by atoms with Gasteiger partial charge < -0.3 is 0 Å². The van der Waals surface area contributed by atoms with Gasteiger partial charge in [-0.1, -0.05) is 71.5 Å². The van der Waals surface area contributed by atoms with Crippen molar-refractivity contribution >= 4 is 16.3 Å². The fourth-order valence-corrected chi connectivity index (χ4v) is 3.04. The van der Waals surface area contributed by atoms with E-state index >= 15 is 0 Å². The molecular weight excluding hydrogens is 280 g/mol.